The molecule has 0 saturated carbocycles. The van der Waals surface area contributed by atoms with Crippen molar-refractivity contribution in [3.8, 4) is 6.07 Å². The highest BCUT2D eigenvalue weighted by Gasteiger charge is 2.26. The fourth-order valence-electron chi connectivity index (χ4n) is 1.61. The minimum atomic E-state index is -4.03. The molecule has 1 aromatic heterocycles. The van der Waals surface area contributed by atoms with Crippen molar-refractivity contribution in [1.29, 1.82) is 5.26 Å². The van der Waals surface area contributed by atoms with Gasteiger partial charge < -0.3 is 0 Å². The summed E-state index contributed by atoms with van der Waals surface area (Å²) in [4.78, 5) is 10.5. The molecule has 0 unspecified atom stereocenters. The molecular weight excluding hydrogens is 314 g/mol. The van der Waals surface area contributed by atoms with Gasteiger partial charge in [0.15, 0.2) is 4.90 Å². The molecule has 108 valence electrons. The van der Waals surface area contributed by atoms with Crippen molar-refractivity contribution in [2.24, 2.45) is 0 Å². The maximum atomic E-state index is 12.2. The predicted molar refractivity (Wildman–Crippen MR) is 76.2 cm³/mol. The first-order valence-electron chi connectivity index (χ1n) is 5.64. The number of nitro benzene ring substituents is 1. The monoisotopic (exact) mass is 323 g/mol. The number of nitro groups is 1. The fourth-order valence-corrected chi connectivity index (χ4v) is 3.51. The number of sulfonamides is 1. The Labute approximate surface area is 124 Å². The maximum Gasteiger partial charge on any atom is 0.290 e. The van der Waals surface area contributed by atoms with Gasteiger partial charge in [0, 0.05) is 17.5 Å². The quantitative estimate of drug-likeness (QED) is 0.668. The van der Waals surface area contributed by atoms with E-state index < -0.39 is 25.5 Å². The van der Waals surface area contributed by atoms with E-state index in [1.165, 1.54) is 17.4 Å². The highest BCUT2D eigenvalue weighted by Crippen LogP contribution is 2.25. The van der Waals surface area contributed by atoms with E-state index in [1.807, 2.05) is 0 Å². The van der Waals surface area contributed by atoms with Crippen molar-refractivity contribution in [1.82, 2.24) is 4.72 Å². The lowest BCUT2D eigenvalue weighted by atomic mass is 10.2. The van der Waals surface area contributed by atoms with Gasteiger partial charge in [-0.3, -0.25) is 10.1 Å². The number of rotatable bonds is 5. The van der Waals surface area contributed by atoms with Crippen LogP contribution in [0.25, 0.3) is 0 Å². The van der Waals surface area contributed by atoms with Crippen LogP contribution in [0, 0.1) is 21.4 Å². The second-order valence-electron chi connectivity index (χ2n) is 3.96. The summed E-state index contributed by atoms with van der Waals surface area (Å²) in [5.74, 6) is 0. The molecule has 0 saturated heterocycles. The standard InChI is InChI=1S/C12H9N3O4S2/c13-7-9-3-4-12(11(6-9)15(16)17)21(18,19)14-8-10-2-1-5-20-10/h1-6,14H,8H2. The first kappa shape index (κ1) is 15.1. The first-order chi connectivity index (χ1) is 9.94. The number of thiophene rings is 1. The lowest BCUT2D eigenvalue weighted by Gasteiger charge is -2.06. The molecule has 2 rings (SSSR count). The molecule has 0 fully saturated rings. The van der Waals surface area contributed by atoms with Crippen molar-refractivity contribution in [2.75, 3.05) is 0 Å². The molecule has 0 spiro atoms. The molecule has 0 aliphatic carbocycles. The minimum absolute atomic E-state index is 0.0268. The Kier molecular flexibility index (Phi) is 4.32. The number of benzene rings is 1. The van der Waals surface area contributed by atoms with E-state index in [4.69, 9.17) is 5.26 Å². The van der Waals surface area contributed by atoms with Gasteiger partial charge in [0.1, 0.15) is 0 Å². The molecule has 0 amide bonds. The van der Waals surface area contributed by atoms with E-state index in [9.17, 15) is 18.5 Å². The fraction of sp³-hybridized carbons (Fsp3) is 0.0833. The van der Waals surface area contributed by atoms with Crippen molar-refractivity contribution in [3.63, 3.8) is 0 Å². The lowest BCUT2D eigenvalue weighted by molar-refractivity contribution is -0.387. The molecule has 1 N–H and O–H groups in total. The highest BCUT2D eigenvalue weighted by atomic mass is 32.2. The van der Waals surface area contributed by atoms with Crippen LogP contribution >= 0.6 is 11.3 Å². The molecule has 1 heterocycles. The SMILES string of the molecule is N#Cc1ccc(S(=O)(=O)NCc2cccs2)c([N+](=O)[O-])c1. The van der Waals surface area contributed by atoms with Gasteiger partial charge in [0.2, 0.25) is 10.0 Å². The van der Waals surface area contributed by atoms with Crippen LogP contribution in [0.4, 0.5) is 5.69 Å². The van der Waals surface area contributed by atoms with Gasteiger partial charge in [-0.1, -0.05) is 6.07 Å². The molecular formula is C12H9N3O4S2. The van der Waals surface area contributed by atoms with Crippen molar-refractivity contribution < 1.29 is 13.3 Å². The molecule has 0 bridgehead atoms. The van der Waals surface area contributed by atoms with Crippen molar-refractivity contribution in [3.05, 3.63) is 56.3 Å². The third-order valence-corrected chi connectivity index (χ3v) is 4.92. The Bertz CT molecular complexity index is 808. The third-order valence-electron chi connectivity index (χ3n) is 2.59. The van der Waals surface area contributed by atoms with E-state index in [1.54, 1.807) is 23.6 Å². The summed E-state index contributed by atoms with van der Waals surface area (Å²) in [5.41, 5.74) is -0.591. The highest BCUT2D eigenvalue weighted by molar-refractivity contribution is 7.89. The second kappa shape index (κ2) is 6.01. The maximum absolute atomic E-state index is 12.2. The van der Waals surface area contributed by atoms with Crippen LogP contribution in [0.3, 0.4) is 0 Å². The number of nitrogens with zero attached hydrogens (tertiary/aromatic N) is 2. The van der Waals surface area contributed by atoms with Gasteiger partial charge in [0.25, 0.3) is 5.69 Å². The molecule has 0 radical (unpaired) electrons. The third kappa shape index (κ3) is 3.43. The summed E-state index contributed by atoms with van der Waals surface area (Å²) in [6.45, 7) is 0.0527. The minimum Gasteiger partial charge on any atom is -0.258 e. The summed E-state index contributed by atoms with van der Waals surface area (Å²) >= 11 is 1.37. The van der Waals surface area contributed by atoms with Gasteiger partial charge in [-0.25, -0.2) is 13.1 Å². The summed E-state index contributed by atoms with van der Waals surface area (Å²) in [5, 5.41) is 21.5. The zero-order chi connectivity index (χ0) is 15.5. The molecule has 1 aromatic carbocycles. The summed E-state index contributed by atoms with van der Waals surface area (Å²) in [6.07, 6.45) is 0. The molecule has 0 aliphatic heterocycles. The van der Waals surface area contributed by atoms with Gasteiger partial charge in [-0.05, 0) is 23.6 Å². The topological polar surface area (TPSA) is 113 Å². The molecule has 9 heteroatoms. The molecule has 2 aromatic rings. The normalized spacial score (nSPS) is 11.0. The van der Waals surface area contributed by atoms with Gasteiger partial charge in [0.05, 0.1) is 16.6 Å². The molecule has 0 aliphatic rings. The van der Waals surface area contributed by atoms with Crippen LogP contribution < -0.4 is 4.72 Å². The Hall–Kier alpha value is -2.28. The summed E-state index contributed by atoms with van der Waals surface area (Å²) in [7, 11) is -4.03. The number of nitriles is 1. The van der Waals surface area contributed by atoms with Crippen LogP contribution in [0.2, 0.25) is 0 Å². The van der Waals surface area contributed by atoms with Crippen LogP contribution in [0.15, 0.2) is 40.6 Å². The summed E-state index contributed by atoms with van der Waals surface area (Å²) in [6, 6.07) is 8.50. The van der Waals surface area contributed by atoms with Gasteiger partial charge in [-0.2, -0.15) is 5.26 Å². The second-order valence-corrected chi connectivity index (χ2v) is 6.72. The zero-order valence-electron chi connectivity index (χ0n) is 10.5. The lowest BCUT2D eigenvalue weighted by Crippen LogP contribution is -2.23. The smallest absolute Gasteiger partial charge is 0.258 e. The van der Waals surface area contributed by atoms with E-state index >= 15 is 0 Å². The number of hydrogen-bond acceptors (Lipinski definition) is 6. The van der Waals surface area contributed by atoms with Crippen molar-refractivity contribution >= 4 is 27.0 Å². The van der Waals surface area contributed by atoms with Crippen LogP contribution in [0.5, 0.6) is 0 Å². The van der Waals surface area contributed by atoms with E-state index in [2.05, 4.69) is 4.72 Å². The van der Waals surface area contributed by atoms with Crippen molar-refractivity contribution in [2.45, 2.75) is 11.4 Å². The Morgan fingerprint density at radius 3 is 2.71 bits per heavy atom. The van der Waals surface area contributed by atoms with E-state index in [0.29, 0.717) is 0 Å². The average Bonchev–Trinajstić information content (AvgIpc) is 2.98. The van der Waals surface area contributed by atoms with Gasteiger partial charge in [-0.15, -0.1) is 11.3 Å². The van der Waals surface area contributed by atoms with Crippen LogP contribution in [0.1, 0.15) is 10.4 Å². The Morgan fingerprint density at radius 2 is 2.14 bits per heavy atom. The molecule has 0 atom stereocenters. The Morgan fingerprint density at radius 1 is 1.38 bits per heavy atom. The Balaban J connectivity index is 2.35. The largest absolute Gasteiger partial charge is 0.290 e. The van der Waals surface area contributed by atoms with E-state index in [0.717, 1.165) is 17.0 Å². The molecule has 7 nitrogen and oxygen atoms in total. The first-order valence-corrected chi connectivity index (χ1v) is 8.01. The number of hydrogen-bond donors (Lipinski definition) is 1. The molecule has 21 heavy (non-hydrogen) atoms. The number of nitrogens with one attached hydrogen (secondary N) is 1. The average molecular weight is 323 g/mol. The summed E-state index contributed by atoms with van der Waals surface area (Å²) < 4.78 is 26.6. The predicted octanol–water partition coefficient (Wildman–Crippen LogP) is 2.01. The van der Waals surface area contributed by atoms with Gasteiger partial charge >= 0.3 is 0 Å². The van der Waals surface area contributed by atoms with Crippen LogP contribution in [-0.2, 0) is 16.6 Å². The van der Waals surface area contributed by atoms with E-state index in [-0.39, 0.29) is 12.1 Å². The van der Waals surface area contributed by atoms with Crippen LogP contribution in [-0.4, -0.2) is 13.3 Å². The zero-order valence-corrected chi connectivity index (χ0v) is 12.1.